The number of hydrogen-bond acceptors (Lipinski definition) is 6. The van der Waals surface area contributed by atoms with Crippen LogP contribution in [0.25, 0.3) is 21.9 Å². The Morgan fingerprint density at radius 2 is 1.87 bits per heavy atom. The first-order valence-electron chi connectivity index (χ1n) is 10.4. The Kier molecular flexibility index (Phi) is 5.12. The monoisotopic (exact) mass is 409 g/mol. The van der Waals surface area contributed by atoms with Gasteiger partial charge in [0.1, 0.15) is 11.6 Å². The highest BCUT2D eigenvalue weighted by molar-refractivity contribution is 5.81. The Balaban J connectivity index is 1.16. The second-order valence-corrected chi connectivity index (χ2v) is 7.92. The molecule has 5 rings (SSSR count). The number of aryl methyl sites for hydroxylation is 1. The largest absolute Gasteiger partial charge is 0.497 e. The van der Waals surface area contributed by atoms with E-state index in [0.717, 1.165) is 78.8 Å². The zero-order valence-electron chi connectivity index (χ0n) is 16.9. The third-order valence-corrected chi connectivity index (χ3v) is 6.08. The summed E-state index contributed by atoms with van der Waals surface area (Å²) in [5, 5.41) is 10.4. The molecule has 7 heteroatoms. The van der Waals surface area contributed by atoms with Crippen LogP contribution >= 0.6 is 0 Å². The molecule has 3 heterocycles. The standard InChI is InChI=1S/C23H24FN3O3/c1-28-17-5-7-21-19(14-17)23(26-29-21)15-8-11-27(12-9-15)10-2-3-20-18-6-4-16(24)13-22(18)30-25-20/h4-7,13-15H,2-3,8-12H2,1H3. The van der Waals surface area contributed by atoms with Gasteiger partial charge in [-0.1, -0.05) is 10.3 Å². The van der Waals surface area contributed by atoms with Crippen LogP contribution in [-0.2, 0) is 6.42 Å². The zero-order chi connectivity index (χ0) is 20.5. The van der Waals surface area contributed by atoms with Crippen molar-refractivity contribution in [1.82, 2.24) is 15.2 Å². The van der Waals surface area contributed by atoms with Crippen molar-refractivity contribution in [3.8, 4) is 5.75 Å². The van der Waals surface area contributed by atoms with Gasteiger partial charge in [-0.3, -0.25) is 0 Å². The number of methoxy groups -OCH3 is 1. The Morgan fingerprint density at radius 3 is 2.70 bits per heavy atom. The molecule has 4 aromatic rings. The molecule has 0 spiro atoms. The Bertz CT molecular complexity index is 1160. The van der Waals surface area contributed by atoms with Crippen LogP contribution in [0.3, 0.4) is 0 Å². The molecule has 1 fully saturated rings. The topological polar surface area (TPSA) is 64.5 Å². The Labute approximate surface area is 173 Å². The van der Waals surface area contributed by atoms with E-state index in [1.165, 1.54) is 12.1 Å². The summed E-state index contributed by atoms with van der Waals surface area (Å²) < 4.78 is 29.4. The van der Waals surface area contributed by atoms with Crippen LogP contribution in [-0.4, -0.2) is 42.0 Å². The summed E-state index contributed by atoms with van der Waals surface area (Å²) in [6.45, 7) is 3.08. The number of aromatic nitrogens is 2. The molecule has 0 N–H and O–H groups in total. The molecule has 156 valence electrons. The van der Waals surface area contributed by atoms with Gasteiger partial charge in [0.05, 0.1) is 18.5 Å². The molecule has 0 aliphatic carbocycles. The summed E-state index contributed by atoms with van der Waals surface area (Å²) in [5.74, 6) is 0.933. The van der Waals surface area contributed by atoms with E-state index < -0.39 is 0 Å². The van der Waals surface area contributed by atoms with Crippen LogP contribution in [0.5, 0.6) is 5.75 Å². The molecule has 6 nitrogen and oxygen atoms in total. The second-order valence-electron chi connectivity index (χ2n) is 7.92. The predicted octanol–water partition coefficient (Wildman–Crippen LogP) is 4.93. The van der Waals surface area contributed by atoms with Crippen LogP contribution in [0, 0.1) is 5.82 Å². The molecule has 1 aliphatic heterocycles. The van der Waals surface area contributed by atoms with Crippen molar-refractivity contribution in [2.45, 2.75) is 31.6 Å². The number of rotatable bonds is 6. The van der Waals surface area contributed by atoms with Crippen LogP contribution < -0.4 is 4.74 Å². The van der Waals surface area contributed by atoms with Crippen molar-refractivity contribution < 1.29 is 18.2 Å². The van der Waals surface area contributed by atoms with Crippen molar-refractivity contribution in [1.29, 1.82) is 0 Å². The maximum Gasteiger partial charge on any atom is 0.170 e. The van der Waals surface area contributed by atoms with Gasteiger partial charge in [-0.05, 0) is 75.6 Å². The molecule has 1 aliphatic rings. The number of halogens is 1. The van der Waals surface area contributed by atoms with Crippen molar-refractivity contribution in [3.63, 3.8) is 0 Å². The fraction of sp³-hybridized carbons (Fsp3) is 0.391. The van der Waals surface area contributed by atoms with Gasteiger partial charge < -0.3 is 18.7 Å². The lowest BCUT2D eigenvalue weighted by Crippen LogP contribution is -2.34. The summed E-state index contributed by atoms with van der Waals surface area (Å²) in [6.07, 6.45) is 3.94. The van der Waals surface area contributed by atoms with Crippen LogP contribution in [0.15, 0.2) is 45.4 Å². The number of fused-ring (bicyclic) bond motifs is 2. The highest BCUT2D eigenvalue weighted by Crippen LogP contribution is 2.34. The van der Waals surface area contributed by atoms with Gasteiger partial charge in [-0.2, -0.15) is 0 Å². The number of piperidine rings is 1. The quantitative estimate of drug-likeness (QED) is 0.450. The minimum atomic E-state index is -0.300. The summed E-state index contributed by atoms with van der Waals surface area (Å²) in [6, 6.07) is 10.4. The fourth-order valence-corrected chi connectivity index (χ4v) is 4.40. The molecule has 0 radical (unpaired) electrons. The smallest absolute Gasteiger partial charge is 0.170 e. The van der Waals surface area contributed by atoms with Crippen molar-refractivity contribution in [3.05, 3.63) is 53.6 Å². The first-order chi connectivity index (χ1) is 14.7. The Morgan fingerprint density at radius 1 is 1.03 bits per heavy atom. The van der Waals surface area contributed by atoms with Gasteiger partial charge in [0.15, 0.2) is 11.2 Å². The van der Waals surface area contributed by atoms with E-state index in [0.29, 0.717) is 11.5 Å². The van der Waals surface area contributed by atoms with Crippen molar-refractivity contribution in [2.75, 3.05) is 26.7 Å². The van der Waals surface area contributed by atoms with Gasteiger partial charge in [0.25, 0.3) is 0 Å². The number of ether oxygens (including phenoxy) is 1. The molecule has 2 aromatic heterocycles. The first-order valence-corrected chi connectivity index (χ1v) is 10.4. The minimum absolute atomic E-state index is 0.300. The molecule has 2 aromatic carbocycles. The first kappa shape index (κ1) is 19.1. The molecular weight excluding hydrogens is 385 g/mol. The molecule has 0 atom stereocenters. The highest BCUT2D eigenvalue weighted by Gasteiger charge is 2.25. The minimum Gasteiger partial charge on any atom is -0.497 e. The normalized spacial score (nSPS) is 15.9. The molecule has 1 saturated heterocycles. The molecule has 30 heavy (non-hydrogen) atoms. The summed E-state index contributed by atoms with van der Waals surface area (Å²) in [7, 11) is 1.67. The Hall–Kier alpha value is -2.93. The molecule has 0 bridgehead atoms. The molecular formula is C23H24FN3O3. The van der Waals surface area contributed by atoms with E-state index in [9.17, 15) is 4.39 Å². The number of hydrogen-bond donors (Lipinski definition) is 0. The lowest BCUT2D eigenvalue weighted by Gasteiger charge is -2.31. The maximum atomic E-state index is 13.3. The van der Waals surface area contributed by atoms with Gasteiger partial charge >= 0.3 is 0 Å². The lowest BCUT2D eigenvalue weighted by atomic mass is 9.91. The lowest BCUT2D eigenvalue weighted by molar-refractivity contribution is 0.207. The highest BCUT2D eigenvalue weighted by atomic mass is 19.1. The van der Waals surface area contributed by atoms with Gasteiger partial charge in [-0.15, -0.1) is 0 Å². The zero-order valence-corrected chi connectivity index (χ0v) is 16.9. The van der Waals surface area contributed by atoms with Gasteiger partial charge in [-0.25, -0.2) is 4.39 Å². The van der Waals surface area contributed by atoms with Crippen LogP contribution in [0.4, 0.5) is 4.39 Å². The van der Waals surface area contributed by atoms with E-state index in [-0.39, 0.29) is 5.82 Å². The third-order valence-electron chi connectivity index (χ3n) is 6.08. The van der Waals surface area contributed by atoms with E-state index in [4.69, 9.17) is 13.8 Å². The molecule has 0 saturated carbocycles. The molecule has 0 amide bonds. The fourth-order valence-electron chi connectivity index (χ4n) is 4.40. The SMILES string of the molecule is COc1ccc2onc(C3CCN(CCCc4noc5cc(F)ccc45)CC3)c2c1. The van der Waals surface area contributed by atoms with Crippen molar-refractivity contribution >= 4 is 21.9 Å². The van der Waals surface area contributed by atoms with E-state index in [1.807, 2.05) is 18.2 Å². The summed E-state index contributed by atoms with van der Waals surface area (Å²) in [5.41, 5.74) is 3.28. The average molecular weight is 409 g/mol. The van der Waals surface area contributed by atoms with Gasteiger partial charge in [0.2, 0.25) is 0 Å². The number of likely N-dealkylation sites (tertiary alicyclic amines) is 1. The second kappa shape index (κ2) is 8.07. The summed E-state index contributed by atoms with van der Waals surface area (Å²) >= 11 is 0. The average Bonchev–Trinajstić information content (AvgIpc) is 3.37. The number of benzene rings is 2. The molecule has 0 unspecified atom stereocenters. The van der Waals surface area contributed by atoms with E-state index >= 15 is 0 Å². The van der Waals surface area contributed by atoms with Gasteiger partial charge in [0, 0.05) is 22.8 Å². The van der Waals surface area contributed by atoms with Crippen LogP contribution in [0.1, 0.15) is 36.6 Å². The number of nitrogens with zero attached hydrogens (tertiary/aromatic N) is 3. The van der Waals surface area contributed by atoms with Crippen molar-refractivity contribution in [2.24, 2.45) is 0 Å². The van der Waals surface area contributed by atoms with Crippen LogP contribution in [0.2, 0.25) is 0 Å². The van der Waals surface area contributed by atoms with E-state index in [2.05, 4.69) is 15.2 Å². The third kappa shape index (κ3) is 3.65. The predicted molar refractivity (Wildman–Crippen MR) is 111 cm³/mol. The summed E-state index contributed by atoms with van der Waals surface area (Å²) in [4.78, 5) is 2.49. The maximum absolute atomic E-state index is 13.3. The van der Waals surface area contributed by atoms with E-state index in [1.54, 1.807) is 13.2 Å².